The molecule has 4 rings (SSSR count). The van der Waals surface area contributed by atoms with Gasteiger partial charge in [0, 0.05) is 11.9 Å². The van der Waals surface area contributed by atoms with Crippen molar-refractivity contribution in [2.24, 2.45) is 5.41 Å². The van der Waals surface area contributed by atoms with Crippen LogP contribution in [-0.4, -0.2) is 27.7 Å². The van der Waals surface area contributed by atoms with Gasteiger partial charge in [-0.2, -0.15) is 0 Å². The molecular weight excluding hydrogens is 358 g/mol. The number of benzene rings is 2. The summed E-state index contributed by atoms with van der Waals surface area (Å²) in [6.07, 6.45) is 7.48. The fourth-order valence-corrected chi connectivity index (χ4v) is 4.98. The number of carbonyl (C=O) groups excluding carboxylic acids is 2. The Morgan fingerprint density at radius 2 is 1.78 bits per heavy atom. The number of imide groups is 1. The zero-order valence-electron chi connectivity index (χ0n) is 15.4. The van der Waals surface area contributed by atoms with Crippen LogP contribution in [0.3, 0.4) is 0 Å². The number of carbonyl (C=O) groups is 2. The first kappa shape index (κ1) is 18.1. The molecule has 0 unspecified atom stereocenters. The highest BCUT2D eigenvalue weighted by atomic mass is 32.2. The van der Waals surface area contributed by atoms with Crippen LogP contribution in [0.1, 0.15) is 44.6 Å². The third kappa shape index (κ3) is 3.48. The predicted molar refractivity (Wildman–Crippen MR) is 109 cm³/mol. The number of hydrogen-bond donors (Lipinski definition) is 1. The molecule has 1 N–H and O–H groups in total. The quantitative estimate of drug-likeness (QED) is 0.708. The molecule has 0 bridgehead atoms. The number of phenolic OH excluding ortho intramolecular Hbond substituents is 1. The van der Waals surface area contributed by atoms with Gasteiger partial charge in [-0.25, -0.2) is 0 Å². The first-order valence-electron chi connectivity index (χ1n) is 9.43. The van der Waals surface area contributed by atoms with Gasteiger partial charge in [0.15, 0.2) is 0 Å². The molecule has 27 heavy (non-hydrogen) atoms. The zero-order valence-corrected chi connectivity index (χ0v) is 16.2. The molecule has 2 aromatic carbocycles. The minimum Gasteiger partial charge on any atom is -0.507 e. The van der Waals surface area contributed by atoms with Gasteiger partial charge >= 0.3 is 0 Å². The number of nitrogens with zero attached hydrogens (tertiary/aromatic N) is 1. The van der Waals surface area contributed by atoms with Gasteiger partial charge in [-0.15, -0.1) is 0 Å². The molecule has 140 valence electrons. The second-order valence-electron chi connectivity index (χ2n) is 7.86. The molecule has 1 heterocycles. The molecule has 0 radical (unpaired) electrons. The summed E-state index contributed by atoms with van der Waals surface area (Å²) in [6.45, 7) is 2.69. The summed E-state index contributed by atoms with van der Waals surface area (Å²) in [5.74, 6) is 0.00929. The second kappa shape index (κ2) is 7.04. The second-order valence-corrected chi connectivity index (χ2v) is 8.85. The molecule has 1 saturated carbocycles. The lowest BCUT2D eigenvalue weighted by atomic mass is 9.75. The Hall–Kier alpha value is -2.27. The predicted octanol–water partition coefficient (Wildman–Crippen LogP) is 5.55. The topological polar surface area (TPSA) is 57.6 Å². The van der Waals surface area contributed by atoms with Crippen molar-refractivity contribution in [2.45, 2.75) is 39.0 Å². The maximum Gasteiger partial charge on any atom is 0.293 e. The van der Waals surface area contributed by atoms with Crippen molar-refractivity contribution in [3.05, 3.63) is 46.9 Å². The lowest BCUT2D eigenvalue weighted by Gasteiger charge is -2.35. The summed E-state index contributed by atoms with van der Waals surface area (Å²) >= 11 is 1.01. The standard InChI is InChI=1S/C22H23NO3S/c1-22(11-5-2-6-12-22)14-23-20(25)19(27-21(23)26)13-15-9-10-18(24)17-8-4-3-7-16(15)17/h3-4,7-10,13,24H,2,5-6,11-12,14H2,1H3. The highest BCUT2D eigenvalue weighted by molar-refractivity contribution is 8.18. The lowest BCUT2D eigenvalue weighted by molar-refractivity contribution is -0.124. The average Bonchev–Trinajstić information content (AvgIpc) is 2.92. The van der Waals surface area contributed by atoms with E-state index >= 15 is 0 Å². The molecule has 2 aliphatic rings. The molecule has 2 aromatic rings. The van der Waals surface area contributed by atoms with Gasteiger partial charge in [-0.3, -0.25) is 14.5 Å². The first-order chi connectivity index (χ1) is 13.0. The number of thioether (sulfide) groups is 1. The van der Waals surface area contributed by atoms with E-state index in [1.54, 1.807) is 18.2 Å². The molecule has 4 nitrogen and oxygen atoms in total. The highest BCUT2D eigenvalue weighted by Crippen LogP contribution is 2.41. The van der Waals surface area contributed by atoms with Crippen molar-refractivity contribution in [3.63, 3.8) is 0 Å². The van der Waals surface area contributed by atoms with E-state index in [-0.39, 0.29) is 22.3 Å². The minimum atomic E-state index is -0.200. The summed E-state index contributed by atoms with van der Waals surface area (Å²) in [4.78, 5) is 27.3. The SMILES string of the molecule is CC1(CN2C(=O)SC(=Cc3ccc(O)c4ccccc34)C2=O)CCCCC1. The monoisotopic (exact) mass is 381 g/mol. The van der Waals surface area contributed by atoms with Gasteiger partial charge in [-0.05, 0) is 53.1 Å². The van der Waals surface area contributed by atoms with Crippen LogP contribution in [0.15, 0.2) is 41.3 Å². The largest absolute Gasteiger partial charge is 0.507 e. The minimum absolute atomic E-state index is 0.0326. The normalized spacial score (nSPS) is 21.4. The Labute approximate surface area is 163 Å². The Balaban J connectivity index is 1.63. The van der Waals surface area contributed by atoms with Crippen LogP contribution in [0.2, 0.25) is 0 Å². The van der Waals surface area contributed by atoms with E-state index in [9.17, 15) is 14.7 Å². The third-order valence-corrected chi connectivity index (χ3v) is 6.60. The molecule has 1 aliphatic heterocycles. The van der Waals surface area contributed by atoms with Crippen molar-refractivity contribution in [1.29, 1.82) is 0 Å². The molecule has 2 amide bonds. The van der Waals surface area contributed by atoms with Gasteiger partial charge in [0.2, 0.25) is 0 Å². The molecule has 0 aromatic heterocycles. The fraction of sp³-hybridized carbons (Fsp3) is 0.364. The van der Waals surface area contributed by atoms with Crippen molar-refractivity contribution in [2.75, 3.05) is 6.54 Å². The molecule has 0 atom stereocenters. The van der Waals surface area contributed by atoms with Crippen molar-refractivity contribution in [3.8, 4) is 5.75 Å². The Bertz CT molecular complexity index is 944. The lowest BCUT2D eigenvalue weighted by Crippen LogP contribution is -2.39. The molecule has 2 fully saturated rings. The summed E-state index contributed by atoms with van der Waals surface area (Å²) in [7, 11) is 0. The van der Waals surface area contributed by atoms with Crippen LogP contribution >= 0.6 is 11.8 Å². The van der Waals surface area contributed by atoms with Crippen molar-refractivity contribution < 1.29 is 14.7 Å². The summed E-state index contributed by atoms with van der Waals surface area (Å²) < 4.78 is 0. The van der Waals surface area contributed by atoms with Crippen LogP contribution in [0.5, 0.6) is 5.75 Å². The van der Waals surface area contributed by atoms with E-state index in [1.165, 1.54) is 24.2 Å². The van der Waals surface area contributed by atoms with E-state index in [2.05, 4.69) is 6.92 Å². The van der Waals surface area contributed by atoms with Crippen LogP contribution in [0.25, 0.3) is 16.8 Å². The Morgan fingerprint density at radius 3 is 2.52 bits per heavy atom. The van der Waals surface area contributed by atoms with E-state index in [0.29, 0.717) is 11.4 Å². The van der Waals surface area contributed by atoms with Gasteiger partial charge in [0.05, 0.1) is 4.91 Å². The fourth-order valence-electron chi connectivity index (χ4n) is 4.16. The Kier molecular flexibility index (Phi) is 4.72. The van der Waals surface area contributed by atoms with Gasteiger partial charge in [0.25, 0.3) is 11.1 Å². The third-order valence-electron chi connectivity index (χ3n) is 5.70. The average molecular weight is 381 g/mol. The number of fused-ring (bicyclic) bond motifs is 1. The number of amides is 2. The number of aromatic hydroxyl groups is 1. The highest BCUT2D eigenvalue weighted by Gasteiger charge is 2.40. The van der Waals surface area contributed by atoms with Crippen molar-refractivity contribution in [1.82, 2.24) is 4.90 Å². The van der Waals surface area contributed by atoms with Crippen LogP contribution < -0.4 is 0 Å². The number of hydrogen-bond acceptors (Lipinski definition) is 4. The summed E-state index contributed by atoms with van der Waals surface area (Å²) in [5, 5.41) is 11.5. The molecule has 1 saturated heterocycles. The van der Waals surface area contributed by atoms with Crippen LogP contribution in [0, 0.1) is 5.41 Å². The maximum absolute atomic E-state index is 12.9. The van der Waals surface area contributed by atoms with Gasteiger partial charge < -0.3 is 5.11 Å². The maximum atomic E-state index is 12.9. The molecular formula is C22H23NO3S. The van der Waals surface area contributed by atoms with E-state index in [1.807, 2.05) is 24.3 Å². The summed E-state index contributed by atoms with van der Waals surface area (Å²) in [6, 6.07) is 10.9. The van der Waals surface area contributed by atoms with Gasteiger partial charge in [-0.1, -0.05) is 56.5 Å². The molecule has 1 aliphatic carbocycles. The smallest absolute Gasteiger partial charge is 0.293 e. The van der Waals surface area contributed by atoms with Crippen LogP contribution in [0.4, 0.5) is 4.79 Å². The number of rotatable bonds is 3. The van der Waals surface area contributed by atoms with E-state index < -0.39 is 0 Å². The molecule has 5 heteroatoms. The summed E-state index contributed by atoms with van der Waals surface area (Å²) in [5.41, 5.74) is 0.864. The first-order valence-corrected chi connectivity index (χ1v) is 10.2. The van der Waals surface area contributed by atoms with Crippen LogP contribution in [-0.2, 0) is 4.79 Å². The Morgan fingerprint density at radius 1 is 1.07 bits per heavy atom. The van der Waals surface area contributed by atoms with Gasteiger partial charge in [0.1, 0.15) is 5.75 Å². The van der Waals surface area contributed by atoms with Crippen molar-refractivity contribution >= 4 is 39.8 Å². The zero-order chi connectivity index (χ0) is 19.0. The number of phenols is 1. The van der Waals surface area contributed by atoms with E-state index in [4.69, 9.17) is 0 Å². The molecule has 0 spiro atoms. The van der Waals surface area contributed by atoms with E-state index in [0.717, 1.165) is 40.9 Å².